The molecule has 0 unspecified atom stereocenters. The van der Waals surface area contributed by atoms with E-state index in [9.17, 15) is 10.0 Å². The lowest BCUT2D eigenvalue weighted by Gasteiger charge is -2.13. The average molecular weight is 243 g/mol. The molecule has 0 aliphatic heterocycles. The van der Waals surface area contributed by atoms with Gasteiger partial charge in [0.25, 0.3) is 0 Å². The van der Waals surface area contributed by atoms with Crippen molar-refractivity contribution in [3.63, 3.8) is 0 Å². The smallest absolute Gasteiger partial charge is 0.247 e. The zero-order valence-corrected chi connectivity index (χ0v) is 9.91. The summed E-state index contributed by atoms with van der Waals surface area (Å²) in [5.41, 5.74) is 0.405. The van der Waals surface area contributed by atoms with Gasteiger partial charge in [-0.15, -0.1) is 0 Å². The summed E-state index contributed by atoms with van der Waals surface area (Å²) in [4.78, 5) is 11.0. The minimum absolute atomic E-state index is 0.405. The number of hydrogen-bond acceptors (Lipinski definition) is 3. The van der Waals surface area contributed by atoms with E-state index in [0.717, 1.165) is 5.75 Å². The Morgan fingerprint density at radius 1 is 1.00 bits per heavy atom. The van der Waals surface area contributed by atoms with Gasteiger partial charge in [0.15, 0.2) is 0 Å². The minimum Gasteiger partial charge on any atom is -0.457 e. The van der Waals surface area contributed by atoms with Crippen LogP contribution >= 0.6 is 0 Å². The SMILES string of the molecule is CC(=O)N(O)c1ccc(Oc2ccccc2)cc1. The molecule has 0 saturated heterocycles. The summed E-state index contributed by atoms with van der Waals surface area (Å²) in [5, 5.41) is 10.0. The Hall–Kier alpha value is -2.33. The molecule has 0 aliphatic carbocycles. The molecule has 0 aliphatic rings. The molecule has 0 aromatic heterocycles. The van der Waals surface area contributed by atoms with E-state index in [-0.39, 0.29) is 0 Å². The van der Waals surface area contributed by atoms with Crippen molar-refractivity contribution < 1.29 is 14.7 Å². The van der Waals surface area contributed by atoms with Gasteiger partial charge in [0.05, 0.1) is 5.69 Å². The van der Waals surface area contributed by atoms with Gasteiger partial charge in [0.1, 0.15) is 11.5 Å². The maximum absolute atomic E-state index is 11.0. The number of carbonyl (C=O) groups is 1. The Morgan fingerprint density at radius 2 is 1.56 bits per heavy atom. The van der Waals surface area contributed by atoms with Crippen molar-refractivity contribution in [2.75, 3.05) is 5.06 Å². The van der Waals surface area contributed by atoms with Crippen LogP contribution in [-0.2, 0) is 4.79 Å². The number of hydroxylamine groups is 1. The van der Waals surface area contributed by atoms with Crippen LogP contribution in [0.5, 0.6) is 11.5 Å². The number of hydrogen-bond donors (Lipinski definition) is 1. The number of ether oxygens (including phenoxy) is 1. The molecule has 2 aromatic rings. The lowest BCUT2D eigenvalue weighted by Crippen LogP contribution is -2.23. The van der Waals surface area contributed by atoms with Gasteiger partial charge in [-0.1, -0.05) is 18.2 Å². The molecule has 0 heterocycles. The van der Waals surface area contributed by atoms with E-state index in [1.165, 1.54) is 6.92 Å². The van der Waals surface area contributed by atoms with Crippen molar-refractivity contribution in [1.82, 2.24) is 0 Å². The van der Waals surface area contributed by atoms with Crippen molar-refractivity contribution in [2.45, 2.75) is 6.92 Å². The molecule has 0 fully saturated rings. The lowest BCUT2D eigenvalue weighted by molar-refractivity contribution is -0.121. The maximum atomic E-state index is 11.0. The zero-order chi connectivity index (χ0) is 13.0. The van der Waals surface area contributed by atoms with Gasteiger partial charge in [-0.2, -0.15) is 5.06 Å². The van der Waals surface area contributed by atoms with E-state index in [0.29, 0.717) is 16.5 Å². The molecular formula is C14H13NO3. The second-order valence-electron chi connectivity index (χ2n) is 3.74. The molecule has 1 N–H and O–H groups in total. The van der Waals surface area contributed by atoms with Gasteiger partial charge in [-0.05, 0) is 36.4 Å². The molecule has 0 saturated carbocycles. The predicted octanol–water partition coefficient (Wildman–Crippen LogP) is 3.22. The fourth-order valence-corrected chi connectivity index (χ4v) is 1.46. The van der Waals surface area contributed by atoms with Crippen LogP contribution in [0.3, 0.4) is 0 Å². The van der Waals surface area contributed by atoms with E-state index in [2.05, 4.69) is 0 Å². The summed E-state index contributed by atoms with van der Waals surface area (Å²) in [6.07, 6.45) is 0. The summed E-state index contributed by atoms with van der Waals surface area (Å²) in [5.74, 6) is 0.936. The Morgan fingerprint density at radius 3 is 2.11 bits per heavy atom. The third kappa shape index (κ3) is 2.87. The number of para-hydroxylation sites is 1. The fraction of sp³-hybridized carbons (Fsp3) is 0.0714. The topological polar surface area (TPSA) is 49.8 Å². The van der Waals surface area contributed by atoms with E-state index in [4.69, 9.17) is 4.74 Å². The Balaban J connectivity index is 2.11. The first-order valence-electron chi connectivity index (χ1n) is 5.49. The van der Waals surface area contributed by atoms with Crippen LogP contribution in [0, 0.1) is 0 Å². The third-order valence-corrected chi connectivity index (χ3v) is 2.36. The second kappa shape index (κ2) is 5.33. The highest BCUT2D eigenvalue weighted by molar-refractivity contribution is 5.88. The van der Waals surface area contributed by atoms with E-state index < -0.39 is 5.91 Å². The van der Waals surface area contributed by atoms with Crippen molar-refractivity contribution in [3.05, 3.63) is 54.6 Å². The highest BCUT2D eigenvalue weighted by Crippen LogP contribution is 2.23. The number of carbonyl (C=O) groups excluding carboxylic acids is 1. The van der Waals surface area contributed by atoms with Crippen molar-refractivity contribution in [2.24, 2.45) is 0 Å². The number of nitrogens with zero attached hydrogens (tertiary/aromatic N) is 1. The monoisotopic (exact) mass is 243 g/mol. The molecule has 18 heavy (non-hydrogen) atoms. The van der Waals surface area contributed by atoms with Crippen LogP contribution in [0.1, 0.15) is 6.92 Å². The first-order valence-corrected chi connectivity index (χ1v) is 5.49. The van der Waals surface area contributed by atoms with E-state index in [1.54, 1.807) is 24.3 Å². The summed E-state index contributed by atoms with van der Waals surface area (Å²) in [7, 11) is 0. The molecule has 92 valence electrons. The van der Waals surface area contributed by atoms with E-state index >= 15 is 0 Å². The summed E-state index contributed by atoms with van der Waals surface area (Å²) >= 11 is 0. The summed E-state index contributed by atoms with van der Waals surface area (Å²) in [6, 6.07) is 16.0. The largest absolute Gasteiger partial charge is 0.457 e. The van der Waals surface area contributed by atoms with Gasteiger partial charge in [0, 0.05) is 6.92 Å². The molecule has 1 amide bonds. The Kier molecular flexibility index (Phi) is 3.60. The molecular weight excluding hydrogens is 230 g/mol. The molecule has 0 spiro atoms. The standard InChI is InChI=1S/C14H13NO3/c1-11(16)15(17)12-7-9-14(10-8-12)18-13-5-3-2-4-6-13/h2-10,17H,1H3. The van der Waals surface area contributed by atoms with Crippen LogP contribution in [0.15, 0.2) is 54.6 Å². The zero-order valence-electron chi connectivity index (χ0n) is 9.91. The van der Waals surface area contributed by atoms with Crippen LogP contribution in [-0.4, -0.2) is 11.1 Å². The third-order valence-electron chi connectivity index (χ3n) is 2.36. The van der Waals surface area contributed by atoms with Gasteiger partial charge in [-0.25, -0.2) is 0 Å². The lowest BCUT2D eigenvalue weighted by atomic mass is 10.3. The average Bonchev–Trinajstić information content (AvgIpc) is 2.40. The second-order valence-corrected chi connectivity index (χ2v) is 3.74. The molecule has 0 radical (unpaired) electrons. The van der Waals surface area contributed by atoms with Gasteiger partial charge in [0.2, 0.25) is 5.91 Å². The van der Waals surface area contributed by atoms with Crippen molar-refractivity contribution >= 4 is 11.6 Å². The first-order chi connectivity index (χ1) is 8.66. The van der Waals surface area contributed by atoms with Crippen LogP contribution in [0.25, 0.3) is 0 Å². The van der Waals surface area contributed by atoms with Crippen LogP contribution in [0.2, 0.25) is 0 Å². The van der Waals surface area contributed by atoms with Crippen LogP contribution in [0.4, 0.5) is 5.69 Å². The quantitative estimate of drug-likeness (QED) is 0.665. The van der Waals surface area contributed by atoms with Gasteiger partial charge in [-0.3, -0.25) is 10.0 Å². The first kappa shape index (κ1) is 12.1. The molecule has 4 heteroatoms. The number of rotatable bonds is 3. The highest BCUT2D eigenvalue weighted by atomic mass is 16.5. The normalized spacial score (nSPS) is 9.89. The van der Waals surface area contributed by atoms with Gasteiger partial charge < -0.3 is 4.74 Å². The molecule has 4 nitrogen and oxygen atoms in total. The summed E-state index contributed by atoms with van der Waals surface area (Å²) < 4.78 is 5.59. The highest BCUT2D eigenvalue weighted by Gasteiger charge is 2.07. The van der Waals surface area contributed by atoms with Crippen molar-refractivity contribution in [3.8, 4) is 11.5 Å². The maximum Gasteiger partial charge on any atom is 0.247 e. The number of anilines is 1. The number of amides is 1. The Labute approximate surface area is 105 Å². The Bertz CT molecular complexity index is 522. The molecule has 2 aromatic carbocycles. The number of benzene rings is 2. The predicted molar refractivity (Wildman–Crippen MR) is 67.9 cm³/mol. The summed E-state index contributed by atoms with van der Waals surface area (Å²) in [6.45, 7) is 1.29. The van der Waals surface area contributed by atoms with Gasteiger partial charge >= 0.3 is 0 Å². The molecule has 2 rings (SSSR count). The van der Waals surface area contributed by atoms with E-state index in [1.807, 2.05) is 30.3 Å². The molecule has 0 bridgehead atoms. The minimum atomic E-state index is -0.438. The van der Waals surface area contributed by atoms with Crippen molar-refractivity contribution in [1.29, 1.82) is 0 Å². The van der Waals surface area contributed by atoms with Crippen LogP contribution < -0.4 is 9.80 Å². The fourth-order valence-electron chi connectivity index (χ4n) is 1.46. The molecule has 0 atom stereocenters.